The number of hydrogen-bond acceptors (Lipinski definition) is 3. The third kappa shape index (κ3) is 3.92. The van der Waals surface area contributed by atoms with Gasteiger partial charge in [-0.25, -0.2) is 4.39 Å². The monoisotopic (exact) mass is 341 g/mol. The predicted octanol–water partition coefficient (Wildman–Crippen LogP) is 3.20. The second kappa shape index (κ2) is 7.55. The maximum Gasteiger partial charge on any atom is 0.241 e. The second-order valence-corrected chi connectivity index (χ2v) is 6.42. The first-order valence-electron chi connectivity index (χ1n) is 8.63. The van der Waals surface area contributed by atoms with Gasteiger partial charge in [-0.05, 0) is 43.2 Å². The van der Waals surface area contributed by atoms with Gasteiger partial charge >= 0.3 is 0 Å². The standard InChI is InChI=1S/C20H24FN3O/c1-15-6-5-9-19(16(15)2)23-10-12-24(13-11-23)20(25)14-22-18-8-4-3-7-17(18)21/h3-9,22H,10-14H2,1-2H3. The Morgan fingerprint density at radius 3 is 2.48 bits per heavy atom. The van der Waals surface area contributed by atoms with Crippen molar-refractivity contribution < 1.29 is 9.18 Å². The summed E-state index contributed by atoms with van der Waals surface area (Å²) >= 11 is 0. The fraction of sp³-hybridized carbons (Fsp3) is 0.350. The smallest absolute Gasteiger partial charge is 0.241 e. The minimum Gasteiger partial charge on any atom is -0.374 e. The van der Waals surface area contributed by atoms with Gasteiger partial charge in [-0.15, -0.1) is 0 Å². The number of aryl methyl sites for hydroxylation is 1. The van der Waals surface area contributed by atoms with Crippen molar-refractivity contribution in [3.8, 4) is 0 Å². The minimum atomic E-state index is -0.338. The van der Waals surface area contributed by atoms with Crippen LogP contribution in [-0.4, -0.2) is 43.5 Å². The van der Waals surface area contributed by atoms with Gasteiger partial charge in [0.15, 0.2) is 0 Å². The summed E-state index contributed by atoms with van der Waals surface area (Å²) in [5.74, 6) is -0.334. The molecule has 132 valence electrons. The molecule has 0 saturated carbocycles. The van der Waals surface area contributed by atoms with E-state index in [1.165, 1.54) is 22.9 Å². The molecule has 3 rings (SSSR count). The van der Waals surface area contributed by atoms with Crippen LogP contribution in [0.25, 0.3) is 0 Å². The molecule has 2 aromatic carbocycles. The lowest BCUT2D eigenvalue weighted by Crippen LogP contribution is -2.50. The van der Waals surface area contributed by atoms with Crippen molar-refractivity contribution in [2.24, 2.45) is 0 Å². The molecule has 25 heavy (non-hydrogen) atoms. The normalized spacial score (nSPS) is 14.5. The van der Waals surface area contributed by atoms with Crippen LogP contribution >= 0.6 is 0 Å². The van der Waals surface area contributed by atoms with E-state index in [2.05, 4.69) is 42.3 Å². The van der Waals surface area contributed by atoms with Gasteiger partial charge in [0.1, 0.15) is 5.82 Å². The van der Waals surface area contributed by atoms with E-state index in [0.29, 0.717) is 18.8 Å². The number of rotatable bonds is 4. The molecule has 0 aromatic heterocycles. The average Bonchev–Trinajstić information content (AvgIpc) is 2.63. The molecule has 1 saturated heterocycles. The fourth-order valence-corrected chi connectivity index (χ4v) is 3.16. The topological polar surface area (TPSA) is 35.6 Å². The first-order chi connectivity index (χ1) is 12.1. The Bertz CT molecular complexity index is 754. The summed E-state index contributed by atoms with van der Waals surface area (Å²) in [6, 6.07) is 12.7. The molecule has 0 unspecified atom stereocenters. The number of anilines is 2. The maximum atomic E-state index is 13.6. The molecular formula is C20H24FN3O. The SMILES string of the molecule is Cc1cccc(N2CCN(C(=O)CNc3ccccc3F)CC2)c1C. The highest BCUT2D eigenvalue weighted by Crippen LogP contribution is 2.23. The van der Waals surface area contributed by atoms with Crippen LogP contribution in [0, 0.1) is 19.7 Å². The minimum absolute atomic E-state index is 0.00358. The molecule has 1 aliphatic rings. The number of hydrogen-bond donors (Lipinski definition) is 1. The Morgan fingerprint density at radius 2 is 1.76 bits per heavy atom. The molecule has 5 heteroatoms. The zero-order valence-corrected chi connectivity index (χ0v) is 14.8. The molecule has 1 fully saturated rings. The largest absolute Gasteiger partial charge is 0.374 e. The van der Waals surface area contributed by atoms with E-state index in [-0.39, 0.29) is 18.3 Å². The summed E-state index contributed by atoms with van der Waals surface area (Å²) in [6.45, 7) is 7.37. The molecule has 0 spiro atoms. The molecule has 1 N–H and O–H groups in total. The molecule has 0 atom stereocenters. The number of nitrogens with one attached hydrogen (secondary N) is 1. The van der Waals surface area contributed by atoms with Gasteiger partial charge in [-0.1, -0.05) is 24.3 Å². The van der Waals surface area contributed by atoms with Crippen LogP contribution < -0.4 is 10.2 Å². The summed E-state index contributed by atoms with van der Waals surface area (Å²) in [4.78, 5) is 16.5. The molecule has 1 aliphatic heterocycles. The van der Waals surface area contributed by atoms with Gasteiger partial charge in [0.05, 0.1) is 12.2 Å². The van der Waals surface area contributed by atoms with E-state index >= 15 is 0 Å². The summed E-state index contributed by atoms with van der Waals surface area (Å²) < 4.78 is 13.6. The van der Waals surface area contributed by atoms with Crippen LogP contribution in [0.4, 0.5) is 15.8 Å². The lowest BCUT2D eigenvalue weighted by atomic mass is 10.1. The Morgan fingerprint density at radius 1 is 1.04 bits per heavy atom. The second-order valence-electron chi connectivity index (χ2n) is 6.42. The summed E-state index contributed by atoms with van der Waals surface area (Å²) in [5.41, 5.74) is 4.19. The number of para-hydroxylation sites is 1. The number of halogens is 1. The molecule has 1 heterocycles. The van der Waals surface area contributed by atoms with Crippen molar-refractivity contribution in [3.05, 3.63) is 59.4 Å². The maximum absolute atomic E-state index is 13.6. The van der Waals surface area contributed by atoms with Crippen LogP contribution in [0.1, 0.15) is 11.1 Å². The number of piperazine rings is 1. The van der Waals surface area contributed by atoms with E-state index < -0.39 is 0 Å². The van der Waals surface area contributed by atoms with E-state index in [0.717, 1.165) is 13.1 Å². The van der Waals surface area contributed by atoms with Crippen LogP contribution in [0.2, 0.25) is 0 Å². The van der Waals surface area contributed by atoms with Gasteiger partial charge in [-0.3, -0.25) is 4.79 Å². The van der Waals surface area contributed by atoms with Crippen LogP contribution in [0.15, 0.2) is 42.5 Å². The zero-order valence-electron chi connectivity index (χ0n) is 14.8. The summed E-state index contributed by atoms with van der Waals surface area (Å²) in [6.07, 6.45) is 0. The number of carbonyl (C=O) groups excluding carboxylic acids is 1. The first-order valence-corrected chi connectivity index (χ1v) is 8.63. The highest BCUT2D eigenvalue weighted by atomic mass is 19.1. The third-order valence-electron chi connectivity index (χ3n) is 4.85. The molecule has 4 nitrogen and oxygen atoms in total. The van der Waals surface area contributed by atoms with Gasteiger partial charge < -0.3 is 15.1 Å². The number of carbonyl (C=O) groups is 1. The highest BCUT2D eigenvalue weighted by molar-refractivity contribution is 5.81. The van der Waals surface area contributed by atoms with Crippen molar-refractivity contribution in [3.63, 3.8) is 0 Å². The summed E-state index contributed by atoms with van der Waals surface area (Å²) in [7, 11) is 0. The third-order valence-corrected chi connectivity index (χ3v) is 4.85. The number of nitrogens with zero attached hydrogens (tertiary/aromatic N) is 2. The molecular weight excluding hydrogens is 317 g/mol. The Balaban J connectivity index is 1.54. The van der Waals surface area contributed by atoms with Crippen LogP contribution in [0.5, 0.6) is 0 Å². The predicted molar refractivity (Wildman–Crippen MR) is 99.6 cm³/mol. The van der Waals surface area contributed by atoms with Crippen molar-refractivity contribution in [1.82, 2.24) is 4.90 Å². The Hall–Kier alpha value is -2.56. The van der Waals surface area contributed by atoms with E-state index in [4.69, 9.17) is 0 Å². The van der Waals surface area contributed by atoms with Crippen molar-refractivity contribution in [1.29, 1.82) is 0 Å². The molecule has 0 aliphatic carbocycles. The van der Waals surface area contributed by atoms with Gasteiger partial charge in [-0.2, -0.15) is 0 Å². The van der Waals surface area contributed by atoms with E-state index in [9.17, 15) is 9.18 Å². The first kappa shape index (κ1) is 17.3. The van der Waals surface area contributed by atoms with Gasteiger partial charge in [0, 0.05) is 31.9 Å². The highest BCUT2D eigenvalue weighted by Gasteiger charge is 2.22. The van der Waals surface area contributed by atoms with Crippen molar-refractivity contribution >= 4 is 17.3 Å². The van der Waals surface area contributed by atoms with Gasteiger partial charge in [0.25, 0.3) is 0 Å². The van der Waals surface area contributed by atoms with Crippen molar-refractivity contribution in [2.75, 3.05) is 42.9 Å². The quantitative estimate of drug-likeness (QED) is 0.928. The zero-order chi connectivity index (χ0) is 17.8. The molecule has 0 radical (unpaired) electrons. The van der Waals surface area contributed by atoms with E-state index in [1.54, 1.807) is 18.2 Å². The molecule has 1 amide bonds. The fourth-order valence-electron chi connectivity index (χ4n) is 3.16. The van der Waals surface area contributed by atoms with Crippen molar-refractivity contribution in [2.45, 2.75) is 13.8 Å². The molecule has 2 aromatic rings. The lowest BCUT2D eigenvalue weighted by molar-refractivity contribution is -0.129. The number of amides is 1. The lowest BCUT2D eigenvalue weighted by Gasteiger charge is -2.37. The average molecular weight is 341 g/mol. The number of benzene rings is 2. The van der Waals surface area contributed by atoms with Crippen LogP contribution in [-0.2, 0) is 4.79 Å². The van der Waals surface area contributed by atoms with Crippen LogP contribution in [0.3, 0.4) is 0 Å². The van der Waals surface area contributed by atoms with E-state index in [1.807, 2.05) is 4.90 Å². The summed E-state index contributed by atoms with van der Waals surface area (Å²) in [5, 5.41) is 2.89. The Kier molecular flexibility index (Phi) is 5.22. The Labute approximate surface area is 148 Å². The molecule has 0 bridgehead atoms. The van der Waals surface area contributed by atoms with Gasteiger partial charge in [0.2, 0.25) is 5.91 Å².